The van der Waals surface area contributed by atoms with Crippen LogP contribution in [-0.4, -0.2) is 28.9 Å². The van der Waals surface area contributed by atoms with Gasteiger partial charge >= 0.3 is 0 Å². The van der Waals surface area contributed by atoms with E-state index in [0.717, 1.165) is 17.2 Å². The maximum atomic E-state index is 5.31. The van der Waals surface area contributed by atoms with Gasteiger partial charge in [-0.1, -0.05) is 19.9 Å². The van der Waals surface area contributed by atoms with Crippen LogP contribution in [0.4, 0.5) is 5.69 Å². The highest BCUT2D eigenvalue weighted by Gasteiger charge is 2.12. The predicted molar refractivity (Wildman–Crippen MR) is 77.2 cm³/mol. The van der Waals surface area contributed by atoms with Crippen LogP contribution in [0.25, 0.3) is 5.69 Å². The van der Waals surface area contributed by atoms with Crippen LogP contribution in [0.15, 0.2) is 24.3 Å². The molecule has 4 nitrogen and oxygen atoms in total. The lowest BCUT2D eigenvalue weighted by Crippen LogP contribution is -2.10. The standard InChI is InChI=1S/C13H18N4S/c1-9(2)12-14-15-13(18)17(12)11-7-5-6-10(8-11)16(3)4/h5-9H,1-4H3,(H,15,18). The molecule has 0 bridgehead atoms. The molecule has 0 atom stereocenters. The Kier molecular flexibility index (Phi) is 3.52. The van der Waals surface area contributed by atoms with Gasteiger partial charge < -0.3 is 4.90 Å². The molecule has 2 rings (SSSR count). The lowest BCUT2D eigenvalue weighted by atomic mass is 10.2. The van der Waals surface area contributed by atoms with Crippen molar-refractivity contribution in [3.63, 3.8) is 0 Å². The Morgan fingerprint density at radius 2 is 2.06 bits per heavy atom. The number of hydrogen-bond donors (Lipinski definition) is 1. The number of anilines is 1. The van der Waals surface area contributed by atoms with Gasteiger partial charge in [0.15, 0.2) is 4.77 Å². The van der Waals surface area contributed by atoms with E-state index < -0.39 is 0 Å². The number of rotatable bonds is 3. The first-order chi connectivity index (χ1) is 8.50. The molecular weight excluding hydrogens is 244 g/mol. The van der Waals surface area contributed by atoms with Crippen molar-refractivity contribution in [3.05, 3.63) is 34.9 Å². The largest absolute Gasteiger partial charge is 0.378 e. The van der Waals surface area contributed by atoms with Crippen molar-refractivity contribution in [2.45, 2.75) is 19.8 Å². The predicted octanol–water partition coefficient (Wildman–Crippen LogP) is 3.12. The Balaban J connectivity index is 2.58. The summed E-state index contributed by atoms with van der Waals surface area (Å²) in [6, 6.07) is 8.26. The summed E-state index contributed by atoms with van der Waals surface area (Å²) in [6.07, 6.45) is 0. The fourth-order valence-electron chi connectivity index (χ4n) is 1.86. The Labute approximate surface area is 112 Å². The highest BCUT2D eigenvalue weighted by atomic mass is 32.1. The molecule has 1 aromatic carbocycles. The first-order valence-electron chi connectivity index (χ1n) is 5.95. The molecule has 0 spiro atoms. The summed E-state index contributed by atoms with van der Waals surface area (Å²) < 4.78 is 2.63. The maximum absolute atomic E-state index is 5.31. The molecule has 18 heavy (non-hydrogen) atoms. The molecule has 0 aliphatic rings. The summed E-state index contributed by atoms with van der Waals surface area (Å²) in [7, 11) is 4.05. The molecule has 5 heteroatoms. The lowest BCUT2D eigenvalue weighted by molar-refractivity contribution is 0.744. The van der Waals surface area contributed by atoms with Crippen molar-refractivity contribution in [1.29, 1.82) is 0 Å². The molecule has 0 fully saturated rings. The molecule has 1 N–H and O–H groups in total. The van der Waals surface area contributed by atoms with Crippen molar-refractivity contribution in [3.8, 4) is 5.69 Å². The third-order valence-corrected chi connectivity index (χ3v) is 3.09. The van der Waals surface area contributed by atoms with Gasteiger partial charge in [0.2, 0.25) is 0 Å². The van der Waals surface area contributed by atoms with Crippen molar-refractivity contribution in [2.24, 2.45) is 0 Å². The van der Waals surface area contributed by atoms with Crippen molar-refractivity contribution >= 4 is 17.9 Å². The minimum absolute atomic E-state index is 0.320. The Hall–Kier alpha value is -1.62. The highest BCUT2D eigenvalue weighted by molar-refractivity contribution is 7.71. The average molecular weight is 262 g/mol. The third-order valence-electron chi connectivity index (χ3n) is 2.82. The van der Waals surface area contributed by atoms with Gasteiger partial charge in [-0.3, -0.25) is 9.67 Å². The molecule has 1 aromatic heterocycles. The van der Waals surface area contributed by atoms with E-state index in [-0.39, 0.29) is 0 Å². The zero-order valence-electron chi connectivity index (χ0n) is 11.1. The lowest BCUT2D eigenvalue weighted by Gasteiger charge is -2.15. The van der Waals surface area contributed by atoms with Crippen molar-refractivity contribution in [1.82, 2.24) is 14.8 Å². The molecule has 2 aromatic rings. The fraction of sp³-hybridized carbons (Fsp3) is 0.385. The normalized spacial score (nSPS) is 10.9. The van der Waals surface area contributed by atoms with Crippen LogP contribution >= 0.6 is 12.2 Å². The SMILES string of the molecule is CC(C)c1n[nH]c(=S)n1-c1cccc(N(C)C)c1. The molecule has 0 aliphatic heterocycles. The van der Waals surface area contributed by atoms with E-state index in [4.69, 9.17) is 12.2 Å². The number of nitrogens with one attached hydrogen (secondary N) is 1. The van der Waals surface area contributed by atoms with Crippen LogP contribution in [-0.2, 0) is 0 Å². The Bertz CT molecular complexity index is 595. The molecule has 0 amide bonds. The molecule has 0 unspecified atom stereocenters. The summed E-state index contributed by atoms with van der Waals surface area (Å²) in [5.41, 5.74) is 2.19. The molecule has 1 heterocycles. The number of aromatic amines is 1. The Morgan fingerprint density at radius 3 is 2.67 bits per heavy atom. The molecule has 0 aliphatic carbocycles. The smallest absolute Gasteiger partial charge is 0.199 e. The molecular formula is C13H18N4S. The van der Waals surface area contributed by atoms with E-state index in [1.165, 1.54) is 0 Å². The minimum Gasteiger partial charge on any atom is -0.378 e. The van der Waals surface area contributed by atoms with Crippen molar-refractivity contribution < 1.29 is 0 Å². The summed E-state index contributed by atoms with van der Waals surface area (Å²) >= 11 is 5.31. The van der Waals surface area contributed by atoms with E-state index in [2.05, 4.69) is 41.1 Å². The van der Waals surface area contributed by atoms with E-state index in [1.807, 2.05) is 30.8 Å². The zero-order chi connectivity index (χ0) is 13.3. The van der Waals surface area contributed by atoms with E-state index in [1.54, 1.807) is 0 Å². The van der Waals surface area contributed by atoms with Gasteiger partial charge in [-0.25, -0.2) is 0 Å². The topological polar surface area (TPSA) is 36.9 Å². The quantitative estimate of drug-likeness (QED) is 0.863. The van der Waals surface area contributed by atoms with Gasteiger partial charge in [0.25, 0.3) is 0 Å². The second-order valence-electron chi connectivity index (χ2n) is 4.79. The number of aromatic nitrogens is 3. The van der Waals surface area contributed by atoms with Gasteiger partial charge in [-0.2, -0.15) is 5.10 Å². The zero-order valence-corrected chi connectivity index (χ0v) is 12.0. The first kappa shape index (κ1) is 12.8. The van der Waals surface area contributed by atoms with Gasteiger partial charge in [-0.15, -0.1) is 0 Å². The van der Waals surface area contributed by atoms with Gasteiger partial charge in [-0.05, 0) is 30.4 Å². The summed E-state index contributed by atoms with van der Waals surface area (Å²) in [4.78, 5) is 2.07. The summed E-state index contributed by atoms with van der Waals surface area (Å²) in [6.45, 7) is 4.22. The molecule has 0 saturated heterocycles. The van der Waals surface area contributed by atoms with E-state index in [9.17, 15) is 0 Å². The van der Waals surface area contributed by atoms with Gasteiger partial charge in [0, 0.05) is 25.7 Å². The average Bonchev–Trinajstić information content (AvgIpc) is 2.71. The van der Waals surface area contributed by atoms with Crippen LogP contribution in [0, 0.1) is 4.77 Å². The molecule has 0 radical (unpaired) electrons. The van der Waals surface area contributed by atoms with Crippen molar-refractivity contribution in [2.75, 3.05) is 19.0 Å². The van der Waals surface area contributed by atoms with Crippen LogP contribution in [0.1, 0.15) is 25.6 Å². The maximum Gasteiger partial charge on any atom is 0.199 e. The monoisotopic (exact) mass is 262 g/mol. The van der Waals surface area contributed by atoms with E-state index in [0.29, 0.717) is 10.7 Å². The van der Waals surface area contributed by atoms with Crippen LogP contribution in [0.2, 0.25) is 0 Å². The summed E-state index contributed by atoms with van der Waals surface area (Å²) in [5.74, 6) is 1.27. The number of H-pyrrole nitrogens is 1. The highest BCUT2D eigenvalue weighted by Crippen LogP contribution is 2.21. The number of hydrogen-bond acceptors (Lipinski definition) is 3. The Morgan fingerprint density at radius 1 is 1.33 bits per heavy atom. The summed E-state index contributed by atoms with van der Waals surface area (Å²) in [5, 5.41) is 7.17. The number of benzene rings is 1. The van der Waals surface area contributed by atoms with E-state index >= 15 is 0 Å². The fourth-order valence-corrected chi connectivity index (χ4v) is 2.10. The van der Waals surface area contributed by atoms with Crippen LogP contribution in [0.3, 0.4) is 0 Å². The molecule has 96 valence electrons. The first-order valence-corrected chi connectivity index (χ1v) is 6.36. The van der Waals surface area contributed by atoms with Crippen LogP contribution in [0.5, 0.6) is 0 Å². The van der Waals surface area contributed by atoms with Gasteiger partial charge in [0.1, 0.15) is 5.82 Å². The molecule has 0 saturated carbocycles. The second kappa shape index (κ2) is 4.94. The minimum atomic E-state index is 0.320. The number of nitrogens with zero attached hydrogens (tertiary/aromatic N) is 3. The third kappa shape index (κ3) is 2.31. The van der Waals surface area contributed by atoms with Gasteiger partial charge in [0.05, 0.1) is 5.69 Å². The second-order valence-corrected chi connectivity index (χ2v) is 5.18. The van der Waals surface area contributed by atoms with Crippen LogP contribution < -0.4 is 4.90 Å².